The van der Waals surface area contributed by atoms with Gasteiger partial charge in [-0.2, -0.15) is 0 Å². The highest BCUT2D eigenvalue weighted by Crippen LogP contribution is 2.42. The molecule has 2 aliphatic rings. The number of hydrogen-bond donors (Lipinski definition) is 0. The van der Waals surface area contributed by atoms with Crippen LogP contribution in [0.2, 0.25) is 0 Å². The Morgan fingerprint density at radius 2 is 1.41 bits per heavy atom. The van der Waals surface area contributed by atoms with E-state index in [2.05, 4.69) is 0 Å². The van der Waals surface area contributed by atoms with Crippen LogP contribution in [0.4, 0.5) is 0 Å². The monoisotopic (exact) mass is 236 g/mol. The van der Waals surface area contributed by atoms with Gasteiger partial charge in [0, 0.05) is 0 Å². The van der Waals surface area contributed by atoms with E-state index in [1.54, 1.807) is 0 Å². The fourth-order valence-electron chi connectivity index (χ4n) is 3.76. The molecule has 2 rings (SSSR count). The molecule has 0 atom stereocenters. The number of rotatable bonds is 6. The standard InChI is InChI=1S/C15H24O2/c16-11-15(12-17,14-7-3-4-8-14)10-9-13-5-1-2-6-13/h11-14H,1-10H2. The second-order valence-electron chi connectivity index (χ2n) is 6.02. The molecule has 0 N–H and O–H groups in total. The van der Waals surface area contributed by atoms with Gasteiger partial charge in [0.05, 0.1) is 5.41 Å². The summed E-state index contributed by atoms with van der Waals surface area (Å²) in [4.78, 5) is 22.8. The SMILES string of the molecule is O=CC(C=O)(CCC1CCCC1)C1CCCC1. The Labute approximate surface area is 104 Å². The molecule has 2 fully saturated rings. The summed E-state index contributed by atoms with van der Waals surface area (Å²) in [7, 11) is 0. The van der Waals surface area contributed by atoms with E-state index in [1.807, 2.05) is 0 Å². The van der Waals surface area contributed by atoms with Crippen molar-refractivity contribution in [3.63, 3.8) is 0 Å². The molecule has 2 aliphatic carbocycles. The van der Waals surface area contributed by atoms with Crippen LogP contribution < -0.4 is 0 Å². The van der Waals surface area contributed by atoms with Crippen molar-refractivity contribution in [3.05, 3.63) is 0 Å². The van der Waals surface area contributed by atoms with Crippen LogP contribution in [0.3, 0.4) is 0 Å². The minimum atomic E-state index is -0.640. The molecule has 0 unspecified atom stereocenters. The molecule has 0 radical (unpaired) electrons. The highest BCUT2D eigenvalue weighted by molar-refractivity contribution is 5.84. The van der Waals surface area contributed by atoms with Crippen LogP contribution in [0.1, 0.15) is 64.2 Å². The maximum absolute atomic E-state index is 11.4. The van der Waals surface area contributed by atoms with Gasteiger partial charge in [-0.05, 0) is 37.5 Å². The minimum Gasteiger partial charge on any atom is -0.302 e. The largest absolute Gasteiger partial charge is 0.302 e. The van der Waals surface area contributed by atoms with Gasteiger partial charge >= 0.3 is 0 Å². The van der Waals surface area contributed by atoms with E-state index in [1.165, 1.54) is 38.5 Å². The second kappa shape index (κ2) is 5.79. The van der Waals surface area contributed by atoms with Gasteiger partial charge < -0.3 is 9.59 Å². The Hall–Kier alpha value is -0.660. The summed E-state index contributed by atoms with van der Waals surface area (Å²) < 4.78 is 0. The van der Waals surface area contributed by atoms with E-state index in [4.69, 9.17) is 0 Å². The van der Waals surface area contributed by atoms with Crippen LogP contribution in [0.5, 0.6) is 0 Å². The van der Waals surface area contributed by atoms with Crippen molar-refractivity contribution in [2.45, 2.75) is 64.2 Å². The fraction of sp³-hybridized carbons (Fsp3) is 0.867. The number of carbonyl (C=O) groups excluding carboxylic acids is 2. The van der Waals surface area contributed by atoms with Crippen LogP contribution in [0.25, 0.3) is 0 Å². The zero-order chi connectivity index (χ0) is 12.1. The predicted molar refractivity (Wildman–Crippen MR) is 67.7 cm³/mol. The summed E-state index contributed by atoms with van der Waals surface area (Å²) in [6.45, 7) is 0. The first-order chi connectivity index (χ1) is 8.30. The molecule has 0 heterocycles. The van der Waals surface area contributed by atoms with E-state index < -0.39 is 5.41 Å². The maximum atomic E-state index is 11.4. The van der Waals surface area contributed by atoms with E-state index >= 15 is 0 Å². The molecule has 0 amide bonds. The third kappa shape index (κ3) is 2.78. The molecule has 17 heavy (non-hydrogen) atoms. The number of hydrogen-bond acceptors (Lipinski definition) is 2. The molecule has 0 aliphatic heterocycles. The summed E-state index contributed by atoms with van der Waals surface area (Å²) in [5.41, 5.74) is -0.640. The van der Waals surface area contributed by atoms with Gasteiger partial charge in [0.25, 0.3) is 0 Å². The summed E-state index contributed by atoms with van der Waals surface area (Å²) in [6, 6.07) is 0. The molecule has 96 valence electrons. The first-order valence-corrected chi connectivity index (χ1v) is 7.23. The lowest BCUT2D eigenvalue weighted by molar-refractivity contribution is -0.130. The first-order valence-electron chi connectivity index (χ1n) is 7.23. The Balaban J connectivity index is 1.94. The zero-order valence-corrected chi connectivity index (χ0v) is 10.7. The van der Waals surface area contributed by atoms with Crippen LogP contribution in [-0.4, -0.2) is 12.6 Å². The average Bonchev–Trinajstić information content (AvgIpc) is 3.04. The summed E-state index contributed by atoms with van der Waals surface area (Å²) in [5, 5.41) is 0. The lowest BCUT2D eigenvalue weighted by atomic mass is 9.72. The Kier molecular flexibility index (Phi) is 4.36. The Morgan fingerprint density at radius 1 is 0.882 bits per heavy atom. The Bertz CT molecular complexity index is 252. The van der Waals surface area contributed by atoms with E-state index in [9.17, 15) is 9.59 Å². The van der Waals surface area contributed by atoms with Crippen molar-refractivity contribution in [1.29, 1.82) is 0 Å². The highest BCUT2D eigenvalue weighted by atomic mass is 16.1. The van der Waals surface area contributed by atoms with Gasteiger partial charge in [0.1, 0.15) is 12.6 Å². The molecule has 0 aromatic heterocycles. The minimum absolute atomic E-state index is 0.332. The zero-order valence-electron chi connectivity index (χ0n) is 10.7. The third-order valence-electron chi connectivity index (χ3n) is 5.01. The first kappa shape index (κ1) is 12.8. The van der Waals surface area contributed by atoms with Crippen molar-refractivity contribution in [2.75, 3.05) is 0 Å². The van der Waals surface area contributed by atoms with Crippen LogP contribution in [0.15, 0.2) is 0 Å². The fourth-order valence-corrected chi connectivity index (χ4v) is 3.76. The number of carbonyl (C=O) groups is 2. The molecule has 0 saturated heterocycles. The van der Waals surface area contributed by atoms with Crippen LogP contribution >= 0.6 is 0 Å². The Morgan fingerprint density at radius 3 is 1.94 bits per heavy atom. The van der Waals surface area contributed by atoms with Gasteiger partial charge in [0.15, 0.2) is 0 Å². The van der Waals surface area contributed by atoms with Gasteiger partial charge in [0.2, 0.25) is 0 Å². The van der Waals surface area contributed by atoms with Crippen molar-refractivity contribution >= 4 is 12.6 Å². The quantitative estimate of drug-likeness (QED) is 0.522. The van der Waals surface area contributed by atoms with Gasteiger partial charge in [-0.15, -0.1) is 0 Å². The predicted octanol–water partition coefficient (Wildman–Crippen LogP) is 3.53. The normalized spacial score (nSPS) is 23.1. The smallest absolute Gasteiger partial charge is 0.133 e. The molecule has 0 aromatic rings. The highest BCUT2D eigenvalue weighted by Gasteiger charge is 2.40. The topological polar surface area (TPSA) is 34.1 Å². The van der Waals surface area contributed by atoms with Crippen molar-refractivity contribution in [2.24, 2.45) is 17.3 Å². The molecule has 0 aromatic carbocycles. The van der Waals surface area contributed by atoms with Gasteiger partial charge in [-0.25, -0.2) is 0 Å². The number of aldehydes is 2. The summed E-state index contributed by atoms with van der Waals surface area (Å²) in [5.74, 6) is 1.11. The van der Waals surface area contributed by atoms with E-state index in [-0.39, 0.29) is 0 Å². The summed E-state index contributed by atoms with van der Waals surface area (Å²) >= 11 is 0. The van der Waals surface area contributed by atoms with Crippen LogP contribution in [0, 0.1) is 17.3 Å². The van der Waals surface area contributed by atoms with Crippen molar-refractivity contribution in [1.82, 2.24) is 0 Å². The maximum Gasteiger partial charge on any atom is 0.133 e. The molecule has 0 bridgehead atoms. The van der Waals surface area contributed by atoms with Gasteiger partial charge in [-0.1, -0.05) is 38.5 Å². The molecule has 0 spiro atoms. The average molecular weight is 236 g/mol. The third-order valence-corrected chi connectivity index (χ3v) is 5.01. The second-order valence-corrected chi connectivity index (χ2v) is 6.02. The lowest BCUT2D eigenvalue weighted by Crippen LogP contribution is -2.33. The van der Waals surface area contributed by atoms with E-state index in [0.717, 1.165) is 44.2 Å². The van der Waals surface area contributed by atoms with Crippen molar-refractivity contribution < 1.29 is 9.59 Å². The van der Waals surface area contributed by atoms with Gasteiger partial charge in [-0.3, -0.25) is 0 Å². The molecular formula is C15H24O2. The molecule has 2 heteroatoms. The molecular weight excluding hydrogens is 212 g/mol. The van der Waals surface area contributed by atoms with Crippen molar-refractivity contribution in [3.8, 4) is 0 Å². The summed E-state index contributed by atoms with van der Waals surface area (Å²) in [6.07, 6.45) is 13.6. The molecule has 2 saturated carbocycles. The molecule has 2 nitrogen and oxygen atoms in total. The van der Waals surface area contributed by atoms with Crippen LogP contribution in [-0.2, 0) is 9.59 Å². The van der Waals surface area contributed by atoms with E-state index in [0.29, 0.717) is 5.92 Å². The lowest BCUT2D eigenvalue weighted by Gasteiger charge is -2.29.